The van der Waals surface area contributed by atoms with E-state index >= 15 is 0 Å². The number of aromatic hydroxyl groups is 1. The van der Waals surface area contributed by atoms with Crippen LogP contribution in [0.5, 0.6) is 5.75 Å². The topological polar surface area (TPSA) is 37.3 Å². The van der Waals surface area contributed by atoms with Gasteiger partial charge in [-0.25, -0.2) is 0 Å². The third-order valence-electron chi connectivity index (χ3n) is 1.49. The van der Waals surface area contributed by atoms with E-state index in [1.165, 1.54) is 12.1 Å². The molecule has 0 saturated heterocycles. The number of ketones is 1. The van der Waals surface area contributed by atoms with Crippen molar-refractivity contribution >= 4 is 29.0 Å². The molecule has 0 spiro atoms. The number of rotatable bonds is 3. The smallest absolute Gasteiger partial charge is 0.151 e. The van der Waals surface area contributed by atoms with Crippen LogP contribution in [-0.4, -0.2) is 16.8 Å². The number of benzene rings is 1. The van der Waals surface area contributed by atoms with Crippen LogP contribution in [0.15, 0.2) is 18.2 Å². The molecule has 2 nitrogen and oxygen atoms in total. The van der Waals surface area contributed by atoms with Gasteiger partial charge in [0.2, 0.25) is 0 Å². The van der Waals surface area contributed by atoms with Crippen LogP contribution in [0, 0.1) is 0 Å². The molecule has 70 valence electrons. The van der Waals surface area contributed by atoms with Crippen molar-refractivity contribution in [3.05, 3.63) is 28.8 Å². The Hall–Kier alpha value is -0.730. The first kappa shape index (κ1) is 10.4. The highest BCUT2D eigenvalue weighted by Crippen LogP contribution is 2.20. The predicted molar refractivity (Wildman–Crippen MR) is 52.5 cm³/mol. The molecule has 13 heavy (non-hydrogen) atoms. The van der Waals surface area contributed by atoms with E-state index in [-0.39, 0.29) is 23.8 Å². The van der Waals surface area contributed by atoms with Gasteiger partial charge in [-0.15, -0.1) is 11.6 Å². The molecule has 0 bridgehead atoms. The lowest BCUT2D eigenvalue weighted by Crippen LogP contribution is -2.03. The molecule has 0 saturated carbocycles. The summed E-state index contributed by atoms with van der Waals surface area (Å²) in [5.74, 6) is -0.0546. The van der Waals surface area contributed by atoms with E-state index in [1.807, 2.05) is 0 Å². The zero-order valence-electron chi connectivity index (χ0n) is 6.76. The molecular formula is C9H8Cl2O2. The van der Waals surface area contributed by atoms with Crippen molar-refractivity contribution in [2.24, 2.45) is 0 Å². The Labute approximate surface area is 86.1 Å². The monoisotopic (exact) mass is 218 g/mol. The van der Waals surface area contributed by atoms with Gasteiger partial charge < -0.3 is 5.11 Å². The van der Waals surface area contributed by atoms with Crippen LogP contribution >= 0.6 is 23.2 Å². The molecule has 0 aliphatic carbocycles. The Morgan fingerprint density at radius 1 is 1.38 bits per heavy atom. The Balaban J connectivity index is 2.83. The molecule has 1 aromatic rings. The molecule has 1 N–H and O–H groups in total. The zero-order chi connectivity index (χ0) is 9.84. The van der Waals surface area contributed by atoms with Crippen LogP contribution in [0.25, 0.3) is 0 Å². The van der Waals surface area contributed by atoms with E-state index in [0.29, 0.717) is 10.6 Å². The predicted octanol–water partition coefficient (Wildman–Crippen LogP) is 2.40. The molecule has 1 rings (SSSR count). The minimum atomic E-state index is -0.0941. The van der Waals surface area contributed by atoms with Crippen molar-refractivity contribution in [3.63, 3.8) is 0 Å². The van der Waals surface area contributed by atoms with Gasteiger partial charge in [0, 0.05) is 11.4 Å². The minimum absolute atomic E-state index is 0.0206. The number of carbonyl (C=O) groups excluding carboxylic acids is 1. The van der Waals surface area contributed by atoms with Crippen LogP contribution in [0.3, 0.4) is 0 Å². The van der Waals surface area contributed by atoms with Gasteiger partial charge in [0.1, 0.15) is 5.75 Å². The van der Waals surface area contributed by atoms with Crippen molar-refractivity contribution in [2.45, 2.75) is 6.42 Å². The second kappa shape index (κ2) is 4.49. The van der Waals surface area contributed by atoms with Crippen LogP contribution in [0.2, 0.25) is 5.02 Å². The van der Waals surface area contributed by atoms with Gasteiger partial charge in [0.25, 0.3) is 0 Å². The Bertz CT molecular complexity index is 303. The highest BCUT2D eigenvalue weighted by molar-refractivity contribution is 6.31. The maximum Gasteiger partial charge on any atom is 0.151 e. The number of hydrogen-bond donors (Lipinski definition) is 1. The van der Waals surface area contributed by atoms with E-state index in [2.05, 4.69) is 0 Å². The molecule has 0 heterocycles. The summed E-state index contributed by atoms with van der Waals surface area (Å²) in [4.78, 5) is 10.9. The summed E-state index contributed by atoms with van der Waals surface area (Å²) in [5.41, 5.74) is 0.677. The molecule has 4 heteroatoms. The van der Waals surface area contributed by atoms with E-state index < -0.39 is 0 Å². The van der Waals surface area contributed by atoms with Gasteiger partial charge in [0.15, 0.2) is 5.78 Å². The highest BCUT2D eigenvalue weighted by Gasteiger charge is 2.04. The fourth-order valence-electron chi connectivity index (χ4n) is 1.01. The summed E-state index contributed by atoms with van der Waals surface area (Å²) in [6.07, 6.45) is 0.206. The number of phenolic OH excluding ortho intramolecular Hbond substituents is 1. The van der Waals surface area contributed by atoms with Crippen molar-refractivity contribution in [1.29, 1.82) is 0 Å². The molecule has 0 aliphatic rings. The molecule has 0 aromatic heterocycles. The van der Waals surface area contributed by atoms with Gasteiger partial charge in [-0.3, -0.25) is 4.79 Å². The summed E-state index contributed by atoms with van der Waals surface area (Å²) in [6.45, 7) is 0. The average molecular weight is 219 g/mol. The molecule has 0 unspecified atom stereocenters. The van der Waals surface area contributed by atoms with Crippen molar-refractivity contribution in [1.82, 2.24) is 0 Å². The second-order valence-electron chi connectivity index (χ2n) is 2.67. The second-order valence-corrected chi connectivity index (χ2v) is 3.37. The van der Waals surface area contributed by atoms with Crippen molar-refractivity contribution in [2.75, 3.05) is 5.88 Å². The van der Waals surface area contributed by atoms with Gasteiger partial charge in [0.05, 0.1) is 5.88 Å². The van der Waals surface area contributed by atoms with E-state index in [1.54, 1.807) is 6.07 Å². The zero-order valence-corrected chi connectivity index (χ0v) is 8.27. The number of Topliss-reactive ketones (excluding diaryl/α,β-unsaturated/α-hetero) is 1. The van der Waals surface area contributed by atoms with Crippen LogP contribution in [0.1, 0.15) is 5.56 Å². The Morgan fingerprint density at radius 2 is 2.08 bits per heavy atom. The lowest BCUT2D eigenvalue weighted by molar-refractivity contribution is -0.116. The number of carbonyl (C=O) groups is 1. The summed E-state index contributed by atoms with van der Waals surface area (Å²) < 4.78 is 0. The van der Waals surface area contributed by atoms with Gasteiger partial charge in [-0.1, -0.05) is 11.6 Å². The Morgan fingerprint density at radius 3 is 2.62 bits per heavy atom. The molecule has 1 aromatic carbocycles. The first-order chi connectivity index (χ1) is 6.11. The summed E-state index contributed by atoms with van der Waals surface area (Å²) in [7, 11) is 0. The van der Waals surface area contributed by atoms with Gasteiger partial charge in [-0.05, 0) is 23.8 Å². The number of phenols is 1. The lowest BCUT2D eigenvalue weighted by atomic mass is 10.1. The fraction of sp³-hybridized carbons (Fsp3) is 0.222. The molecule has 0 atom stereocenters. The molecule has 0 radical (unpaired) electrons. The molecule has 0 aliphatic heterocycles. The first-order valence-electron chi connectivity index (χ1n) is 3.68. The maximum atomic E-state index is 10.9. The first-order valence-corrected chi connectivity index (χ1v) is 4.59. The summed E-state index contributed by atoms with van der Waals surface area (Å²) >= 11 is 11.0. The van der Waals surface area contributed by atoms with Crippen LogP contribution in [0.4, 0.5) is 0 Å². The third-order valence-corrected chi connectivity index (χ3v) is 2.01. The van der Waals surface area contributed by atoms with E-state index in [0.717, 1.165) is 0 Å². The summed E-state index contributed by atoms with van der Waals surface area (Å²) in [6, 6.07) is 4.54. The minimum Gasteiger partial charge on any atom is -0.508 e. The van der Waals surface area contributed by atoms with E-state index in [9.17, 15) is 4.79 Å². The normalized spacial score (nSPS) is 10.0. The van der Waals surface area contributed by atoms with E-state index in [4.69, 9.17) is 28.3 Å². The SMILES string of the molecule is O=C(CCl)Cc1cc(O)cc(Cl)c1. The molecular weight excluding hydrogens is 211 g/mol. The largest absolute Gasteiger partial charge is 0.508 e. The van der Waals surface area contributed by atoms with Crippen LogP contribution in [-0.2, 0) is 11.2 Å². The van der Waals surface area contributed by atoms with Gasteiger partial charge >= 0.3 is 0 Å². The van der Waals surface area contributed by atoms with Gasteiger partial charge in [-0.2, -0.15) is 0 Å². The maximum absolute atomic E-state index is 10.9. The molecule has 0 amide bonds. The fourth-order valence-corrected chi connectivity index (χ4v) is 1.36. The summed E-state index contributed by atoms with van der Waals surface area (Å²) in [5, 5.41) is 9.56. The quantitative estimate of drug-likeness (QED) is 0.792. The third kappa shape index (κ3) is 3.25. The van der Waals surface area contributed by atoms with Crippen LogP contribution < -0.4 is 0 Å². The average Bonchev–Trinajstić information content (AvgIpc) is 2.02. The Kier molecular flexibility index (Phi) is 3.58. The van der Waals surface area contributed by atoms with Crippen molar-refractivity contribution < 1.29 is 9.90 Å². The lowest BCUT2D eigenvalue weighted by Gasteiger charge is -2.00. The number of hydrogen-bond acceptors (Lipinski definition) is 2. The standard InChI is InChI=1S/C9H8Cl2O2/c10-5-9(13)3-6-1-7(11)4-8(12)2-6/h1-2,4,12H,3,5H2. The molecule has 0 fully saturated rings. The number of alkyl halides is 1. The van der Waals surface area contributed by atoms with Crippen molar-refractivity contribution in [3.8, 4) is 5.75 Å². The highest BCUT2D eigenvalue weighted by atomic mass is 35.5. The number of halogens is 2.